The van der Waals surface area contributed by atoms with Crippen molar-refractivity contribution < 1.29 is 13.9 Å². The SMILES string of the molecule is Fc1cc(-c2nc3cnccn3c2Nc2ccc3c(c2)OCCO3)ccn1. The van der Waals surface area contributed by atoms with Crippen LogP contribution in [0.25, 0.3) is 16.9 Å². The number of fused-ring (bicyclic) bond motifs is 2. The van der Waals surface area contributed by atoms with E-state index in [1.165, 1.54) is 12.3 Å². The third-order valence-electron chi connectivity index (χ3n) is 4.24. The monoisotopic (exact) mass is 363 g/mol. The molecule has 1 N–H and O–H groups in total. The van der Waals surface area contributed by atoms with Crippen molar-refractivity contribution in [2.45, 2.75) is 0 Å². The van der Waals surface area contributed by atoms with Crippen molar-refractivity contribution in [1.82, 2.24) is 19.4 Å². The number of benzene rings is 1. The molecule has 0 fully saturated rings. The van der Waals surface area contributed by atoms with Crippen LogP contribution in [-0.2, 0) is 0 Å². The van der Waals surface area contributed by atoms with E-state index in [4.69, 9.17) is 9.47 Å². The largest absolute Gasteiger partial charge is 0.486 e. The highest BCUT2D eigenvalue weighted by Crippen LogP contribution is 2.36. The zero-order valence-corrected chi connectivity index (χ0v) is 14.1. The van der Waals surface area contributed by atoms with Crippen molar-refractivity contribution >= 4 is 17.2 Å². The highest BCUT2D eigenvalue weighted by atomic mass is 19.1. The van der Waals surface area contributed by atoms with Gasteiger partial charge in [-0.05, 0) is 18.2 Å². The van der Waals surface area contributed by atoms with Crippen molar-refractivity contribution in [3.05, 3.63) is 61.1 Å². The van der Waals surface area contributed by atoms with Crippen LogP contribution in [0.1, 0.15) is 0 Å². The van der Waals surface area contributed by atoms with E-state index in [-0.39, 0.29) is 0 Å². The second-order valence-corrected chi connectivity index (χ2v) is 5.96. The Balaban J connectivity index is 1.62. The van der Waals surface area contributed by atoms with Gasteiger partial charge in [0.15, 0.2) is 17.1 Å². The van der Waals surface area contributed by atoms with Gasteiger partial charge in [0.05, 0.1) is 6.20 Å². The summed E-state index contributed by atoms with van der Waals surface area (Å²) in [6.07, 6.45) is 6.53. The summed E-state index contributed by atoms with van der Waals surface area (Å²) in [5.74, 6) is 1.52. The minimum atomic E-state index is -0.562. The predicted molar refractivity (Wildman–Crippen MR) is 96.9 cm³/mol. The molecule has 0 atom stereocenters. The normalized spacial score (nSPS) is 12.9. The Kier molecular flexibility index (Phi) is 3.60. The molecule has 0 spiro atoms. The van der Waals surface area contributed by atoms with Gasteiger partial charge in [0.1, 0.15) is 24.7 Å². The summed E-state index contributed by atoms with van der Waals surface area (Å²) in [5, 5.41) is 3.36. The zero-order valence-electron chi connectivity index (χ0n) is 14.1. The molecular weight excluding hydrogens is 349 g/mol. The highest BCUT2D eigenvalue weighted by Gasteiger charge is 2.17. The lowest BCUT2D eigenvalue weighted by molar-refractivity contribution is 0.171. The van der Waals surface area contributed by atoms with E-state index in [0.717, 1.165) is 5.69 Å². The first-order valence-corrected chi connectivity index (χ1v) is 8.38. The zero-order chi connectivity index (χ0) is 18.2. The standard InChI is InChI=1S/C19H14FN5O2/c20-16-9-12(3-4-22-16)18-19(25-6-5-21-11-17(25)24-18)23-13-1-2-14-15(10-13)27-8-7-26-14/h1-6,9-11,23H,7-8H2. The van der Waals surface area contributed by atoms with E-state index in [1.807, 2.05) is 22.6 Å². The number of halogens is 1. The molecule has 8 heteroatoms. The van der Waals surface area contributed by atoms with Crippen LogP contribution >= 0.6 is 0 Å². The lowest BCUT2D eigenvalue weighted by atomic mass is 10.2. The molecule has 0 amide bonds. The fourth-order valence-corrected chi connectivity index (χ4v) is 3.04. The van der Waals surface area contributed by atoms with Crippen LogP contribution in [-0.4, -0.2) is 32.6 Å². The quantitative estimate of drug-likeness (QED) is 0.562. The third-order valence-corrected chi connectivity index (χ3v) is 4.24. The van der Waals surface area contributed by atoms with Gasteiger partial charge in [0.2, 0.25) is 5.95 Å². The lowest BCUT2D eigenvalue weighted by Gasteiger charge is -2.19. The van der Waals surface area contributed by atoms with E-state index in [1.54, 1.807) is 24.7 Å². The summed E-state index contributed by atoms with van der Waals surface area (Å²) in [4.78, 5) is 12.3. The number of anilines is 2. The number of pyridine rings is 1. The van der Waals surface area contributed by atoms with Crippen LogP contribution in [0.5, 0.6) is 11.5 Å². The fourth-order valence-electron chi connectivity index (χ4n) is 3.04. The molecule has 0 saturated carbocycles. The Bertz CT molecular complexity index is 1140. The third kappa shape index (κ3) is 2.80. The molecule has 0 saturated heterocycles. The van der Waals surface area contributed by atoms with Crippen LogP contribution in [0, 0.1) is 5.95 Å². The Morgan fingerprint density at radius 3 is 2.81 bits per heavy atom. The van der Waals surface area contributed by atoms with Gasteiger partial charge < -0.3 is 14.8 Å². The maximum absolute atomic E-state index is 13.6. The smallest absolute Gasteiger partial charge is 0.213 e. The molecular formula is C19H14FN5O2. The second-order valence-electron chi connectivity index (χ2n) is 5.96. The van der Waals surface area contributed by atoms with Crippen molar-refractivity contribution in [2.75, 3.05) is 18.5 Å². The maximum Gasteiger partial charge on any atom is 0.213 e. The molecule has 4 aromatic rings. The Morgan fingerprint density at radius 1 is 1.04 bits per heavy atom. The topological polar surface area (TPSA) is 73.6 Å². The van der Waals surface area contributed by atoms with Crippen molar-refractivity contribution in [2.24, 2.45) is 0 Å². The number of hydrogen-bond acceptors (Lipinski definition) is 6. The molecule has 0 aliphatic carbocycles. The molecule has 27 heavy (non-hydrogen) atoms. The van der Waals surface area contributed by atoms with E-state index in [9.17, 15) is 4.39 Å². The molecule has 1 aliphatic heterocycles. The number of nitrogens with one attached hydrogen (secondary N) is 1. The number of imidazole rings is 1. The van der Waals surface area contributed by atoms with Crippen LogP contribution in [0.2, 0.25) is 0 Å². The molecule has 7 nitrogen and oxygen atoms in total. The lowest BCUT2D eigenvalue weighted by Crippen LogP contribution is -2.15. The maximum atomic E-state index is 13.6. The highest BCUT2D eigenvalue weighted by molar-refractivity contribution is 5.79. The fraction of sp³-hybridized carbons (Fsp3) is 0.105. The minimum absolute atomic E-state index is 0.513. The second kappa shape index (κ2) is 6.24. The van der Waals surface area contributed by atoms with E-state index >= 15 is 0 Å². The summed E-state index contributed by atoms with van der Waals surface area (Å²) in [7, 11) is 0. The summed E-state index contributed by atoms with van der Waals surface area (Å²) in [6, 6.07) is 8.68. The average molecular weight is 363 g/mol. The Morgan fingerprint density at radius 2 is 1.93 bits per heavy atom. The number of rotatable bonds is 3. The molecule has 4 heterocycles. The molecule has 1 aliphatic rings. The van der Waals surface area contributed by atoms with Crippen LogP contribution in [0.4, 0.5) is 15.9 Å². The van der Waals surface area contributed by atoms with Gasteiger partial charge in [-0.25, -0.2) is 9.97 Å². The number of hydrogen-bond donors (Lipinski definition) is 1. The first-order valence-electron chi connectivity index (χ1n) is 8.38. The van der Waals surface area contributed by atoms with Crippen LogP contribution in [0.15, 0.2) is 55.1 Å². The van der Waals surface area contributed by atoms with E-state index in [0.29, 0.717) is 47.4 Å². The number of nitrogens with zero attached hydrogens (tertiary/aromatic N) is 4. The van der Waals surface area contributed by atoms with E-state index < -0.39 is 5.95 Å². The average Bonchev–Trinajstić information content (AvgIpc) is 3.06. The first kappa shape index (κ1) is 15.6. The molecule has 1 aromatic carbocycles. The van der Waals surface area contributed by atoms with Crippen LogP contribution in [0.3, 0.4) is 0 Å². The van der Waals surface area contributed by atoms with Gasteiger partial charge in [-0.2, -0.15) is 4.39 Å². The molecule has 134 valence electrons. The summed E-state index contributed by atoms with van der Waals surface area (Å²) in [6.45, 7) is 1.05. The van der Waals surface area contributed by atoms with Crippen molar-refractivity contribution in [3.63, 3.8) is 0 Å². The minimum Gasteiger partial charge on any atom is -0.486 e. The molecule has 5 rings (SSSR count). The van der Waals surface area contributed by atoms with Gasteiger partial charge >= 0.3 is 0 Å². The van der Waals surface area contributed by atoms with Gasteiger partial charge in [-0.15, -0.1) is 0 Å². The van der Waals surface area contributed by atoms with Gasteiger partial charge in [0, 0.05) is 42.0 Å². The molecule has 0 bridgehead atoms. The summed E-state index contributed by atoms with van der Waals surface area (Å²) >= 11 is 0. The molecule has 3 aromatic heterocycles. The van der Waals surface area contributed by atoms with Gasteiger partial charge in [0.25, 0.3) is 0 Å². The summed E-state index contributed by atoms with van der Waals surface area (Å²) < 4.78 is 26.7. The van der Waals surface area contributed by atoms with Crippen molar-refractivity contribution in [3.8, 4) is 22.8 Å². The van der Waals surface area contributed by atoms with E-state index in [2.05, 4.69) is 20.3 Å². The molecule has 0 unspecified atom stereocenters. The predicted octanol–water partition coefficient (Wildman–Crippen LogP) is 3.45. The van der Waals surface area contributed by atoms with Gasteiger partial charge in [-0.3, -0.25) is 9.38 Å². The van der Waals surface area contributed by atoms with Gasteiger partial charge in [-0.1, -0.05) is 0 Å². The summed E-state index contributed by atoms with van der Waals surface area (Å²) in [5.41, 5.74) is 2.66. The Hall–Kier alpha value is -3.68. The molecule has 0 radical (unpaired) electrons. The number of aromatic nitrogens is 4. The van der Waals surface area contributed by atoms with Crippen molar-refractivity contribution in [1.29, 1.82) is 0 Å². The number of ether oxygens (including phenoxy) is 2. The van der Waals surface area contributed by atoms with Crippen LogP contribution < -0.4 is 14.8 Å². The Labute approximate surface area is 153 Å². The first-order chi connectivity index (χ1) is 13.3.